The van der Waals surface area contributed by atoms with Crippen LogP contribution in [-0.2, 0) is 4.74 Å². The summed E-state index contributed by atoms with van der Waals surface area (Å²) in [6.45, 7) is 2.33. The van der Waals surface area contributed by atoms with E-state index in [1.807, 2.05) is 11.0 Å². The second-order valence-corrected chi connectivity index (χ2v) is 6.46. The minimum atomic E-state index is 0.0459. The molecule has 1 aliphatic rings. The number of amides is 1. The zero-order chi connectivity index (χ0) is 14.8. The average Bonchev–Trinajstić information content (AvgIpc) is 2.85. The van der Waals surface area contributed by atoms with Crippen LogP contribution in [0.1, 0.15) is 22.5 Å². The maximum atomic E-state index is 12.7. The second-order valence-electron chi connectivity index (χ2n) is 5.41. The van der Waals surface area contributed by atoms with Crippen LogP contribution in [-0.4, -0.2) is 42.6 Å². The number of hydrogen-bond donors (Lipinski definition) is 1. The van der Waals surface area contributed by atoms with Gasteiger partial charge in [0, 0.05) is 44.6 Å². The van der Waals surface area contributed by atoms with E-state index in [4.69, 9.17) is 10.5 Å². The highest BCUT2D eigenvalue weighted by Crippen LogP contribution is 2.34. The summed E-state index contributed by atoms with van der Waals surface area (Å²) in [5.74, 6) is 0.604. The Hall–Kier alpha value is -1.66. The van der Waals surface area contributed by atoms with Crippen LogP contribution in [0.5, 0.6) is 0 Å². The van der Waals surface area contributed by atoms with Crippen LogP contribution < -0.4 is 5.73 Å². The van der Waals surface area contributed by atoms with Gasteiger partial charge in [0.15, 0.2) is 0 Å². The van der Waals surface area contributed by atoms with Gasteiger partial charge in [-0.2, -0.15) is 0 Å². The van der Waals surface area contributed by atoms with Gasteiger partial charge >= 0.3 is 0 Å². The molecule has 2 aromatic rings. The van der Waals surface area contributed by atoms with Crippen molar-refractivity contribution in [3.05, 3.63) is 23.3 Å². The van der Waals surface area contributed by atoms with Crippen LogP contribution in [0.3, 0.4) is 0 Å². The molecule has 1 saturated heterocycles. The lowest BCUT2D eigenvalue weighted by atomic mass is 9.97. The smallest absolute Gasteiger partial charge is 0.266 e. The highest BCUT2D eigenvalue weighted by Gasteiger charge is 2.26. The van der Waals surface area contributed by atoms with Gasteiger partial charge in [-0.05, 0) is 24.8 Å². The summed E-state index contributed by atoms with van der Waals surface area (Å²) in [6.07, 6.45) is 5.45. The largest absolute Gasteiger partial charge is 0.397 e. The van der Waals surface area contributed by atoms with Gasteiger partial charge in [-0.15, -0.1) is 11.3 Å². The predicted octanol–water partition coefficient (Wildman–Crippen LogP) is 2.38. The van der Waals surface area contributed by atoms with E-state index in [-0.39, 0.29) is 5.91 Å². The molecule has 5 nitrogen and oxygen atoms in total. The van der Waals surface area contributed by atoms with Gasteiger partial charge in [0.2, 0.25) is 0 Å². The highest BCUT2D eigenvalue weighted by atomic mass is 32.1. The van der Waals surface area contributed by atoms with Gasteiger partial charge in [0.05, 0.1) is 10.4 Å². The van der Waals surface area contributed by atoms with Crippen LogP contribution in [0.25, 0.3) is 10.1 Å². The molecule has 0 aliphatic carbocycles. The van der Waals surface area contributed by atoms with E-state index in [1.165, 1.54) is 11.3 Å². The van der Waals surface area contributed by atoms with E-state index >= 15 is 0 Å². The quantitative estimate of drug-likeness (QED) is 0.945. The molecule has 2 aromatic heterocycles. The Labute approximate surface area is 127 Å². The Morgan fingerprint density at radius 2 is 2.29 bits per heavy atom. The molecule has 0 atom stereocenters. The number of anilines is 1. The first-order chi connectivity index (χ1) is 10.2. The van der Waals surface area contributed by atoms with Crippen LogP contribution in [0.4, 0.5) is 5.69 Å². The van der Waals surface area contributed by atoms with E-state index in [2.05, 4.69) is 4.98 Å². The van der Waals surface area contributed by atoms with Crippen LogP contribution in [0.15, 0.2) is 18.5 Å². The molecule has 3 rings (SSSR count). The first-order valence-electron chi connectivity index (χ1n) is 7.11. The summed E-state index contributed by atoms with van der Waals surface area (Å²) >= 11 is 1.43. The van der Waals surface area contributed by atoms with Crippen molar-refractivity contribution >= 4 is 33.0 Å². The number of hydrogen-bond acceptors (Lipinski definition) is 5. The number of rotatable bonds is 3. The van der Waals surface area contributed by atoms with Crippen molar-refractivity contribution in [1.82, 2.24) is 9.88 Å². The summed E-state index contributed by atoms with van der Waals surface area (Å²) in [6, 6.07) is 1.86. The van der Waals surface area contributed by atoms with Crippen LogP contribution in [0, 0.1) is 5.92 Å². The number of methoxy groups -OCH3 is 1. The number of likely N-dealkylation sites (tertiary alicyclic amines) is 1. The molecule has 0 aromatic carbocycles. The molecule has 0 bridgehead atoms. The molecule has 1 fully saturated rings. The predicted molar refractivity (Wildman–Crippen MR) is 84.5 cm³/mol. The highest BCUT2D eigenvalue weighted by molar-refractivity contribution is 7.21. The van der Waals surface area contributed by atoms with Crippen molar-refractivity contribution < 1.29 is 9.53 Å². The zero-order valence-corrected chi connectivity index (χ0v) is 12.9. The molecule has 112 valence electrons. The SMILES string of the molecule is COCC1CCN(C(=O)c2sc3cnccc3c2N)CC1. The monoisotopic (exact) mass is 305 g/mol. The number of carbonyl (C=O) groups excluding carboxylic acids is 1. The summed E-state index contributed by atoms with van der Waals surface area (Å²) < 4.78 is 6.16. The van der Waals surface area contributed by atoms with Crippen molar-refractivity contribution in [2.24, 2.45) is 5.92 Å². The summed E-state index contributed by atoms with van der Waals surface area (Å²) in [4.78, 5) is 19.3. The minimum Gasteiger partial charge on any atom is -0.397 e. The molecular formula is C15H19N3O2S. The summed E-state index contributed by atoms with van der Waals surface area (Å²) in [5.41, 5.74) is 6.72. The van der Waals surface area contributed by atoms with Crippen LogP contribution >= 0.6 is 11.3 Å². The van der Waals surface area contributed by atoms with E-state index in [9.17, 15) is 4.79 Å². The number of thiophene rings is 1. The molecule has 0 spiro atoms. The molecule has 3 heterocycles. The first kappa shape index (κ1) is 14.3. The molecule has 1 aliphatic heterocycles. The van der Waals surface area contributed by atoms with Crippen molar-refractivity contribution in [1.29, 1.82) is 0 Å². The molecule has 0 radical (unpaired) electrons. The minimum absolute atomic E-state index is 0.0459. The van der Waals surface area contributed by atoms with E-state index in [0.29, 0.717) is 16.5 Å². The Kier molecular flexibility index (Phi) is 4.07. The van der Waals surface area contributed by atoms with E-state index in [0.717, 1.165) is 42.6 Å². The third kappa shape index (κ3) is 2.73. The fraction of sp³-hybridized carbons (Fsp3) is 0.467. The molecule has 6 heteroatoms. The molecule has 0 unspecified atom stereocenters. The lowest BCUT2D eigenvalue weighted by Crippen LogP contribution is -2.39. The van der Waals surface area contributed by atoms with Gasteiger partial charge in [0.25, 0.3) is 5.91 Å². The third-order valence-corrected chi connectivity index (χ3v) is 5.17. The van der Waals surface area contributed by atoms with Crippen molar-refractivity contribution in [3.8, 4) is 0 Å². The summed E-state index contributed by atoms with van der Waals surface area (Å²) in [7, 11) is 1.73. The zero-order valence-electron chi connectivity index (χ0n) is 12.0. The lowest BCUT2D eigenvalue weighted by Gasteiger charge is -2.31. The Balaban J connectivity index is 1.77. The fourth-order valence-electron chi connectivity index (χ4n) is 2.81. The number of nitrogens with zero attached hydrogens (tertiary/aromatic N) is 2. The van der Waals surface area contributed by atoms with Crippen molar-refractivity contribution in [2.45, 2.75) is 12.8 Å². The number of nitrogens with two attached hydrogens (primary N) is 1. The Bertz CT molecular complexity index is 647. The maximum absolute atomic E-state index is 12.7. The Morgan fingerprint density at radius 3 is 2.95 bits per heavy atom. The molecular weight excluding hydrogens is 286 g/mol. The molecule has 21 heavy (non-hydrogen) atoms. The van der Waals surface area contributed by atoms with E-state index < -0.39 is 0 Å². The normalized spacial score (nSPS) is 16.5. The van der Waals surface area contributed by atoms with Gasteiger partial charge in [-0.1, -0.05) is 0 Å². The van der Waals surface area contributed by atoms with Crippen molar-refractivity contribution in [2.75, 3.05) is 32.5 Å². The number of carbonyl (C=O) groups is 1. The number of nitrogen functional groups attached to an aromatic ring is 1. The number of piperidine rings is 1. The lowest BCUT2D eigenvalue weighted by molar-refractivity contribution is 0.0619. The van der Waals surface area contributed by atoms with E-state index in [1.54, 1.807) is 19.5 Å². The number of aromatic nitrogens is 1. The average molecular weight is 305 g/mol. The molecule has 0 saturated carbocycles. The van der Waals surface area contributed by atoms with Gasteiger partial charge in [-0.3, -0.25) is 9.78 Å². The second kappa shape index (κ2) is 5.99. The standard InChI is InChI=1S/C15H19N3O2S/c1-20-9-10-3-6-18(7-4-10)15(19)14-13(16)11-2-5-17-8-12(11)21-14/h2,5,8,10H,3-4,6-7,9,16H2,1H3. The number of fused-ring (bicyclic) bond motifs is 1. The van der Waals surface area contributed by atoms with Gasteiger partial charge in [0.1, 0.15) is 4.88 Å². The Morgan fingerprint density at radius 1 is 1.52 bits per heavy atom. The molecule has 2 N–H and O–H groups in total. The fourth-order valence-corrected chi connectivity index (χ4v) is 3.87. The topological polar surface area (TPSA) is 68.5 Å². The first-order valence-corrected chi connectivity index (χ1v) is 7.92. The van der Waals surface area contributed by atoms with Gasteiger partial charge in [-0.25, -0.2) is 0 Å². The van der Waals surface area contributed by atoms with Crippen molar-refractivity contribution in [3.63, 3.8) is 0 Å². The molecule has 1 amide bonds. The number of ether oxygens (including phenoxy) is 1. The van der Waals surface area contributed by atoms with Gasteiger partial charge < -0.3 is 15.4 Å². The third-order valence-electron chi connectivity index (χ3n) is 4.03. The van der Waals surface area contributed by atoms with Crippen LogP contribution in [0.2, 0.25) is 0 Å². The maximum Gasteiger partial charge on any atom is 0.266 e. The number of pyridine rings is 1. The summed E-state index contributed by atoms with van der Waals surface area (Å²) in [5, 5.41) is 0.924.